The lowest BCUT2D eigenvalue weighted by molar-refractivity contribution is 0.311. The predicted octanol–water partition coefficient (Wildman–Crippen LogP) is 4.20. The number of alkyl halides is 1. The first-order valence-electron chi connectivity index (χ1n) is 5.96. The molecule has 2 aromatic rings. The molecule has 0 unspecified atom stereocenters. The second-order valence-corrected chi connectivity index (χ2v) is 5.34. The van der Waals surface area contributed by atoms with Crippen molar-refractivity contribution in [3.8, 4) is 5.75 Å². The van der Waals surface area contributed by atoms with Crippen LogP contribution in [0, 0.1) is 6.92 Å². The quantitative estimate of drug-likeness (QED) is 0.585. The van der Waals surface area contributed by atoms with Gasteiger partial charge in [-0.2, -0.15) is 0 Å². The molecule has 96 valence electrons. The molecule has 0 aliphatic rings. The Kier molecular flexibility index (Phi) is 5.02. The molecule has 0 saturated heterocycles. The second kappa shape index (κ2) is 6.76. The molecule has 0 amide bonds. The first-order valence-corrected chi connectivity index (χ1v) is 7.38. The van der Waals surface area contributed by atoms with Gasteiger partial charge in [0.2, 0.25) is 0 Å². The third-order valence-corrected chi connectivity index (χ3v) is 3.79. The van der Waals surface area contributed by atoms with E-state index in [1.54, 1.807) is 11.3 Å². The molecule has 18 heavy (non-hydrogen) atoms. The number of halogens is 1. The van der Waals surface area contributed by atoms with Gasteiger partial charge in [0.1, 0.15) is 5.75 Å². The van der Waals surface area contributed by atoms with Crippen LogP contribution < -0.4 is 4.74 Å². The van der Waals surface area contributed by atoms with Gasteiger partial charge in [0, 0.05) is 11.8 Å². The van der Waals surface area contributed by atoms with Crippen LogP contribution in [0.1, 0.15) is 22.7 Å². The number of hydrogen-bond donors (Lipinski definition) is 0. The van der Waals surface area contributed by atoms with Gasteiger partial charge in [-0.1, -0.05) is 17.7 Å². The van der Waals surface area contributed by atoms with E-state index in [-0.39, 0.29) is 0 Å². The number of benzene rings is 1. The monoisotopic (exact) mass is 281 g/mol. The maximum Gasteiger partial charge on any atom is 0.119 e. The molecule has 4 heteroatoms. The van der Waals surface area contributed by atoms with Gasteiger partial charge in [0.05, 0.1) is 23.2 Å². The summed E-state index contributed by atoms with van der Waals surface area (Å²) in [4.78, 5) is 4.42. The normalized spacial score (nSPS) is 10.6. The fraction of sp³-hybridized carbons (Fsp3) is 0.357. The van der Waals surface area contributed by atoms with Gasteiger partial charge in [0.15, 0.2) is 0 Å². The van der Waals surface area contributed by atoms with E-state index in [9.17, 15) is 0 Å². The highest BCUT2D eigenvalue weighted by Gasteiger charge is 2.01. The smallest absolute Gasteiger partial charge is 0.119 e. The number of aromatic nitrogens is 1. The van der Waals surface area contributed by atoms with Crippen molar-refractivity contribution in [2.75, 3.05) is 6.61 Å². The van der Waals surface area contributed by atoms with Crippen LogP contribution in [0.15, 0.2) is 29.6 Å². The summed E-state index contributed by atoms with van der Waals surface area (Å²) in [6.45, 7) is 2.79. The van der Waals surface area contributed by atoms with E-state index in [2.05, 4.69) is 24.0 Å². The van der Waals surface area contributed by atoms with Crippen LogP contribution in [0.3, 0.4) is 0 Å². The average molecular weight is 282 g/mol. The summed E-state index contributed by atoms with van der Waals surface area (Å²) in [7, 11) is 0. The zero-order valence-corrected chi connectivity index (χ0v) is 11.9. The van der Waals surface area contributed by atoms with E-state index < -0.39 is 0 Å². The minimum Gasteiger partial charge on any atom is -0.494 e. The lowest BCUT2D eigenvalue weighted by Crippen LogP contribution is -1.99. The highest BCUT2D eigenvalue weighted by molar-refractivity contribution is 7.09. The van der Waals surface area contributed by atoms with E-state index in [0.29, 0.717) is 5.88 Å². The molecule has 0 atom stereocenters. The molecule has 0 fully saturated rings. The van der Waals surface area contributed by atoms with E-state index in [1.807, 2.05) is 17.5 Å². The fourth-order valence-electron chi connectivity index (χ4n) is 1.57. The Morgan fingerprint density at radius 1 is 1.28 bits per heavy atom. The van der Waals surface area contributed by atoms with Crippen molar-refractivity contribution in [3.05, 3.63) is 45.9 Å². The standard InChI is InChI=1S/C14H16ClNOS/c1-11-4-6-13(7-5-11)17-8-2-3-14-16-12(9-15)10-18-14/h4-7,10H,2-3,8-9H2,1H3. The predicted molar refractivity (Wildman–Crippen MR) is 76.7 cm³/mol. The van der Waals surface area contributed by atoms with Gasteiger partial charge in [0.25, 0.3) is 0 Å². The molecule has 1 aromatic carbocycles. The molecule has 0 aliphatic carbocycles. The molecule has 0 radical (unpaired) electrons. The van der Waals surface area contributed by atoms with Crippen LogP contribution >= 0.6 is 22.9 Å². The van der Waals surface area contributed by atoms with Crippen LogP contribution in [-0.4, -0.2) is 11.6 Å². The first kappa shape index (κ1) is 13.4. The molecule has 2 rings (SSSR count). The van der Waals surface area contributed by atoms with Crippen LogP contribution in [0.25, 0.3) is 0 Å². The van der Waals surface area contributed by atoms with Crippen LogP contribution in [0.5, 0.6) is 5.75 Å². The van der Waals surface area contributed by atoms with Crippen molar-refractivity contribution in [2.45, 2.75) is 25.6 Å². The topological polar surface area (TPSA) is 22.1 Å². The zero-order chi connectivity index (χ0) is 12.8. The number of hydrogen-bond acceptors (Lipinski definition) is 3. The zero-order valence-electron chi connectivity index (χ0n) is 10.4. The van der Waals surface area contributed by atoms with Gasteiger partial charge in [-0.05, 0) is 25.5 Å². The van der Waals surface area contributed by atoms with E-state index in [0.717, 1.165) is 35.9 Å². The van der Waals surface area contributed by atoms with E-state index >= 15 is 0 Å². The second-order valence-electron chi connectivity index (χ2n) is 4.13. The van der Waals surface area contributed by atoms with Gasteiger partial charge in [-0.3, -0.25) is 0 Å². The number of aryl methyl sites for hydroxylation is 2. The summed E-state index contributed by atoms with van der Waals surface area (Å²) in [5.74, 6) is 1.43. The highest BCUT2D eigenvalue weighted by Crippen LogP contribution is 2.15. The Balaban J connectivity index is 1.71. The Hall–Kier alpha value is -1.06. The van der Waals surface area contributed by atoms with Crippen LogP contribution in [0.4, 0.5) is 0 Å². The molecule has 2 nitrogen and oxygen atoms in total. The third-order valence-electron chi connectivity index (χ3n) is 2.56. The number of ether oxygens (including phenoxy) is 1. The fourth-order valence-corrected chi connectivity index (χ4v) is 2.64. The lowest BCUT2D eigenvalue weighted by atomic mass is 10.2. The van der Waals surface area contributed by atoms with E-state index in [1.165, 1.54) is 5.56 Å². The Morgan fingerprint density at radius 2 is 2.06 bits per heavy atom. The summed E-state index contributed by atoms with van der Waals surface area (Å²) in [5.41, 5.74) is 2.22. The molecule has 1 heterocycles. The summed E-state index contributed by atoms with van der Waals surface area (Å²) < 4.78 is 5.67. The van der Waals surface area contributed by atoms with Crippen molar-refractivity contribution >= 4 is 22.9 Å². The maximum absolute atomic E-state index is 5.71. The molecule has 0 saturated carbocycles. The average Bonchev–Trinajstić information content (AvgIpc) is 2.85. The first-order chi connectivity index (χ1) is 8.78. The molecular formula is C14H16ClNOS. The van der Waals surface area contributed by atoms with Crippen molar-refractivity contribution in [1.82, 2.24) is 4.98 Å². The highest BCUT2D eigenvalue weighted by atomic mass is 35.5. The lowest BCUT2D eigenvalue weighted by Gasteiger charge is -2.05. The van der Waals surface area contributed by atoms with E-state index in [4.69, 9.17) is 16.3 Å². The maximum atomic E-state index is 5.71. The van der Waals surface area contributed by atoms with Crippen LogP contribution in [-0.2, 0) is 12.3 Å². The van der Waals surface area contributed by atoms with Gasteiger partial charge >= 0.3 is 0 Å². The Bertz CT molecular complexity index is 481. The number of rotatable bonds is 6. The SMILES string of the molecule is Cc1ccc(OCCCc2nc(CCl)cs2)cc1. The summed E-state index contributed by atoms with van der Waals surface area (Å²) in [6, 6.07) is 8.13. The Morgan fingerprint density at radius 3 is 2.72 bits per heavy atom. The molecular weight excluding hydrogens is 266 g/mol. The van der Waals surface area contributed by atoms with Crippen molar-refractivity contribution in [3.63, 3.8) is 0 Å². The summed E-state index contributed by atoms with van der Waals surface area (Å²) in [5, 5.41) is 3.15. The van der Waals surface area contributed by atoms with Crippen molar-refractivity contribution in [2.24, 2.45) is 0 Å². The minimum atomic E-state index is 0.496. The van der Waals surface area contributed by atoms with Crippen LogP contribution in [0.2, 0.25) is 0 Å². The van der Waals surface area contributed by atoms with Gasteiger partial charge in [-0.25, -0.2) is 4.98 Å². The molecule has 0 aliphatic heterocycles. The van der Waals surface area contributed by atoms with Gasteiger partial charge < -0.3 is 4.74 Å². The molecule has 0 bridgehead atoms. The third kappa shape index (κ3) is 4.00. The Labute approximate surface area is 117 Å². The van der Waals surface area contributed by atoms with Crippen molar-refractivity contribution < 1.29 is 4.74 Å². The number of thiazole rings is 1. The summed E-state index contributed by atoms with van der Waals surface area (Å²) >= 11 is 7.39. The molecule has 0 N–H and O–H groups in total. The molecule has 0 spiro atoms. The largest absolute Gasteiger partial charge is 0.494 e. The summed E-state index contributed by atoms with van der Waals surface area (Å²) in [6.07, 6.45) is 1.93. The minimum absolute atomic E-state index is 0.496. The molecule has 1 aromatic heterocycles. The van der Waals surface area contributed by atoms with Crippen molar-refractivity contribution in [1.29, 1.82) is 0 Å². The van der Waals surface area contributed by atoms with Gasteiger partial charge in [-0.15, -0.1) is 22.9 Å². The number of nitrogens with zero attached hydrogens (tertiary/aromatic N) is 1.